The Labute approximate surface area is 155 Å². The molecular formula is C17H20ClN5O3. The maximum absolute atomic E-state index is 12.2. The minimum atomic E-state index is -0.764. The molecule has 1 atom stereocenters. The van der Waals surface area contributed by atoms with Gasteiger partial charge >= 0.3 is 0 Å². The van der Waals surface area contributed by atoms with Crippen LogP contribution in [0.15, 0.2) is 40.1 Å². The largest absolute Gasteiger partial charge is 0.390 e. The lowest BCUT2D eigenvalue weighted by atomic mass is 10.1. The number of aliphatic hydroxyl groups is 1. The molecule has 2 heterocycles. The summed E-state index contributed by atoms with van der Waals surface area (Å²) in [6, 6.07) is 6.92. The van der Waals surface area contributed by atoms with E-state index in [0.29, 0.717) is 35.1 Å². The van der Waals surface area contributed by atoms with Crippen LogP contribution in [0.3, 0.4) is 0 Å². The highest BCUT2D eigenvalue weighted by Crippen LogP contribution is 2.19. The van der Waals surface area contributed by atoms with Crippen molar-refractivity contribution in [3.8, 4) is 0 Å². The fraction of sp³-hybridized carbons (Fsp3) is 0.353. The topological polar surface area (TPSA) is 112 Å². The Morgan fingerprint density at radius 1 is 1.38 bits per heavy atom. The summed E-state index contributed by atoms with van der Waals surface area (Å²) in [4.78, 5) is 16.4. The second-order valence-electron chi connectivity index (χ2n) is 5.87. The van der Waals surface area contributed by atoms with Crippen LogP contribution in [0.4, 0.5) is 0 Å². The van der Waals surface area contributed by atoms with Gasteiger partial charge in [-0.15, -0.1) is 0 Å². The van der Waals surface area contributed by atoms with Crippen molar-refractivity contribution in [2.45, 2.75) is 19.1 Å². The quantitative estimate of drug-likeness (QED) is 0.561. The number of rotatable bonds is 7. The first-order valence-electron chi connectivity index (χ1n) is 8.20. The molecule has 0 unspecified atom stereocenters. The number of nitrogens with one attached hydrogen (secondary N) is 3. The molecule has 4 N–H and O–H groups in total. The predicted molar refractivity (Wildman–Crippen MR) is 95.2 cm³/mol. The van der Waals surface area contributed by atoms with Gasteiger partial charge < -0.3 is 25.6 Å². The van der Waals surface area contributed by atoms with E-state index in [1.807, 2.05) is 0 Å². The smallest absolute Gasteiger partial charge is 0.250 e. The van der Waals surface area contributed by atoms with Crippen LogP contribution >= 0.6 is 11.6 Å². The SMILES string of the molecule is CNC1=C(C(=O)NCc2nc(C[C@H](O)c3ccc(Cl)cc3)no2)CNC1. The average Bonchev–Trinajstić information content (AvgIpc) is 3.29. The predicted octanol–water partition coefficient (Wildman–Crippen LogP) is 0.692. The van der Waals surface area contributed by atoms with E-state index in [1.54, 1.807) is 31.3 Å². The van der Waals surface area contributed by atoms with Crippen LogP contribution in [-0.4, -0.2) is 41.3 Å². The molecule has 8 nitrogen and oxygen atoms in total. The third-order valence-electron chi connectivity index (χ3n) is 4.08. The Bertz CT molecular complexity index is 803. The highest BCUT2D eigenvalue weighted by atomic mass is 35.5. The van der Waals surface area contributed by atoms with Gasteiger partial charge in [-0.3, -0.25) is 4.79 Å². The molecule has 0 saturated heterocycles. The lowest BCUT2D eigenvalue weighted by Gasteiger charge is -2.08. The molecular weight excluding hydrogens is 358 g/mol. The minimum absolute atomic E-state index is 0.128. The number of aromatic nitrogens is 2. The Hall–Kier alpha value is -2.42. The van der Waals surface area contributed by atoms with Gasteiger partial charge in [0.05, 0.1) is 18.2 Å². The summed E-state index contributed by atoms with van der Waals surface area (Å²) in [5.74, 6) is 0.476. The first kappa shape index (κ1) is 18.4. The maximum atomic E-state index is 12.2. The van der Waals surface area contributed by atoms with Crippen LogP contribution in [0.5, 0.6) is 0 Å². The zero-order chi connectivity index (χ0) is 18.5. The van der Waals surface area contributed by atoms with E-state index in [4.69, 9.17) is 16.1 Å². The third kappa shape index (κ3) is 4.40. The van der Waals surface area contributed by atoms with Crippen molar-refractivity contribution in [1.82, 2.24) is 26.1 Å². The van der Waals surface area contributed by atoms with Crippen LogP contribution in [0.2, 0.25) is 5.02 Å². The molecule has 0 saturated carbocycles. The van der Waals surface area contributed by atoms with Crippen molar-refractivity contribution in [3.63, 3.8) is 0 Å². The highest BCUT2D eigenvalue weighted by molar-refractivity contribution is 6.30. The van der Waals surface area contributed by atoms with Gasteiger partial charge in [-0.1, -0.05) is 28.9 Å². The normalized spacial score (nSPS) is 15.2. The third-order valence-corrected chi connectivity index (χ3v) is 4.34. The van der Waals surface area contributed by atoms with Crippen molar-refractivity contribution in [1.29, 1.82) is 0 Å². The lowest BCUT2D eigenvalue weighted by molar-refractivity contribution is -0.117. The second kappa shape index (κ2) is 8.31. The molecule has 9 heteroatoms. The van der Waals surface area contributed by atoms with Gasteiger partial charge in [0.1, 0.15) is 0 Å². The van der Waals surface area contributed by atoms with Crippen LogP contribution in [-0.2, 0) is 17.8 Å². The Morgan fingerprint density at radius 3 is 2.88 bits per heavy atom. The zero-order valence-corrected chi connectivity index (χ0v) is 15.0. The van der Waals surface area contributed by atoms with Crippen LogP contribution in [0.1, 0.15) is 23.4 Å². The Kier molecular flexibility index (Phi) is 5.87. The Morgan fingerprint density at radius 2 is 2.15 bits per heavy atom. The number of likely N-dealkylation sites (N-methyl/N-ethyl adjacent to an activating group) is 1. The van der Waals surface area contributed by atoms with Crippen molar-refractivity contribution >= 4 is 17.5 Å². The molecule has 1 aromatic heterocycles. The minimum Gasteiger partial charge on any atom is -0.390 e. The van der Waals surface area contributed by atoms with Gasteiger partial charge in [0.15, 0.2) is 5.82 Å². The van der Waals surface area contributed by atoms with Gasteiger partial charge in [0.25, 0.3) is 5.91 Å². The molecule has 138 valence electrons. The molecule has 0 bridgehead atoms. The first-order chi connectivity index (χ1) is 12.6. The number of carbonyl (C=O) groups excluding carboxylic acids is 1. The first-order valence-corrected chi connectivity index (χ1v) is 8.58. The summed E-state index contributed by atoms with van der Waals surface area (Å²) in [5.41, 5.74) is 2.26. The van der Waals surface area contributed by atoms with E-state index < -0.39 is 6.10 Å². The van der Waals surface area contributed by atoms with E-state index in [1.165, 1.54) is 0 Å². The van der Waals surface area contributed by atoms with Crippen molar-refractivity contribution < 1.29 is 14.4 Å². The van der Waals surface area contributed by atoms with Crippen molar-refractivity contribution in [3.05, 3.63) is 57.8 Å². The zero-order valence-electron chi connectivity index (χ0n) is 14.3. The maximum Gasteiger partial charge on any atom is 0.250 e. The summed E-state index contributed by atoms with van der Waals surface area (Å²) in [7, 11) is 1.78. The summed E-state index contributed by atoms with van der Waals surface area (Å²) in [6.45, 7) is 1.29. The van der Waals surface area contributed by atoms with Crippen LogP contribution in [0.25, 0.3) is 0 Å². The van der Waals surface area contributed by atoms with Gasteiger partial charge in [0.2, 0.25) is 5.89 Å². The van der Waals surface area contributed by atoms with Gasteiger partial charge in [-0.25, -0.2) is 0 Å². The number of aliphatic hydroxyl groups excluding tert-OH is 1. The van der Waals surface area contributed by atoms with Crippen molar-refractivity contribution in [2.24, 2.45) is 0 Å². The summed E-state index contributed by atoms with van der Waals surface area (Å²) in [5, 5.41) is 23.6. The molecule has 0 spiro atoms. The summed E-state index contributed by atoms with van der Waals surface area (Å²) in [6.07, 6.45) is -0.557. The lowest BCUT2D eigenvalue weighted by Crippen LogP contribution is -2.27. The number of hydrogen-bond acceptors (Lipinski definition) is 7. The number of benzene rings is 1. The molecule has 2 aromatic rings. The molecule has 26 heavy (non-hydrogen) atoms. The van der Waals surface area contributed by atoms with Crippen molar-refractivity contribution in [2.75, 3.05) is 20.1 Å². The molecule has 1 amide bonds. The standard InChI is InChI=1S/C17H20ClN5O3/c1-19-13-8-20-7-12(13)17(25)21-9-16-22-15(23-26-16)6-14(24)10-2-4-11(18)5-3-10/h2-5,14,19-20,24H,6-9H2,1H3,(H,21,25)/t14-/m0/s1. The molecule has 3 rings (SSSR count). The van der Waals surface area contributed by atoms with E-state index in [0.717, 1.165) is 5.70 Å². The molecule has 1 aromatic carbocycles. The van der Waals surface area contributed by atoms with E-state index >= 15 is 0 Å². The number of hydrogen-bond donors (Lipinski definition) is 4. The fourth-order valence-corrected chi connectivity index (χ4v) is 2.79. The number of nitrogens with zero attached hydrogens (tertiary/aromatic N) is 2. The number of amides is 1. The van der Waals surface area contributed by atoms with Gasteiger partial charge in [-0.2, -0.15) is 4.98 Å². The molecule has 0 aliphatic carbocycles. The number of carbonyl (C=O) groups is 1. The van der Waals surface area contributed by atoms with E-state index in [9.17, 15) is 9.90 Å². The highest BCUT2D eigenvalue weighted by Gasteiger charge is 2.20. The van der Waals surface area contributed by atoms with Crippen LogP contribution in [0, 0.1) is 0 Å². The monoisotopic (exact) mass is 377 g/mol. The Balaban J connectivity index is 1.55. The molecule has 0 fully saturated rings. The van der Waals surface area contributed by atoms with Gasteiger partial charge in [0, 0.05) is 37.3 Å². The second-order valence-corrected chi connectivity index (χ2v) is 6.31. The van der Waals surface area contributed by atoms with Gasteiger partial charge in [-0.05, 0) is 17.7 Å². The summed E-state index contributed by atoms with van der Waals surface area (Å²) >= 11 is 5.84. The number of halogens is 1. The molecule has 0 radical (unpaired) electrons. The molecule has 1 aliphatic rings. The fourth-order valence-electron chi connectivity index (χ4n) is 2.67. The summed E-state index contributed by atoms with van der Waals surface area (Å²) < 4.78 is 5.13. The van der Waals surface area contributed by atoms with E-state index in [2.05, 4.69) is 26.1 Å². The van der Waals surface area contributed by atoms with Crippen LogP contribution < -0.4 is 16.0 Å². The average molecular weight is 378 g/mol. The molecule has 1 aliphatic heterocycles. The van der Waals surface area contributed by atoms with E-state index in [-0.39, 0.29) is 24.8 Å².